The number of anilines is 1. The van der Waals surface area contributed by atoms with Crippen molar-refractivity contribution in [3.05, 3.63) is 66.9 Å². The van der Waals surface area contributed by atoms with Gasteiger partial charge in [-0.25, -0.2) is 18.5 Å². The van der Waals surface area contributed by atoms with E-state index in [1.54, 1.807) is 36.4 Å². The third-order valence-electron chi connectivity index (χ3n) is 5.65. The topological polar surface area (TPSA) is 196 Å². The zero-order valence-corrected chi connectivity index (χ0v) is 23.1. The van der Waals surface area contributed by atoms with Gasteiger partial charge in [0.15, 0.2) is 29.0 Å². The van der Waals surface area contributed by atoms with Gasteiger partial charge in [0.2, 0.25) is 5.75 Å². The zero-order chi connectivity index (χ0) is 29.5. The Hall–Kier alpha value is -5.35. The number of aliphatic hydroxyl groups is 1. The number of tetrazole rings is 1. The first kappa shape index (κ1) is 28.2. The minimum absolute atomic E-state index is 0.0545. The number of hydrogen-bond donors (Lipinski definition) is 3. The smallest absolute Gasteiger partial charge is 0.263 e. The molecule has 0 saturated heterocycles. The Morgan fingerprint density at radius 3 is 2.45 bits per heavy atom. The van der Waals surface area contributed by atoms with Gasteiger partial charge in [-0.15, -0.1) is 5.10 Å². The number of aromatic amines is 1. The molecule has 0 saturated carbocycles. The van der Waals surface area contributed by atoms with Gasteiger partial charge in [-0.1, -0.05) is 12.1 Å². The standard InChI is InChI=1S/C26H24N8O7S/c1-38-17-7-9-18(10-8-17)42(36,37)32-25-22(41-21-6-4-3-5-20(21)39-2)26(40-14-13-35)29-23(28-25)16-11-12-27-19(15-16)24-30-33-34-31-24/h3-12,15,35H,13-14H2,1-2H3,(H,28,29,32)(H,30,31,33,34). The minimum atomic E-state index is -4.20. The van der Waals surface area contributed by atoms with Crippen LogP contribution in [0.3, 0.4) is 0 Å². The maximum Gasteiger partial charge on any atom is 0.263 e. The van der Waals surface area contributed by atoms with Gasteiger partial charge < -0.3 is 24.1 Å². The molecule has 0 aliphatic heterocycles. The van der Waals surface area contributed by atoms with Crippen molar-refractivity contribution < 1.29 is 32.5 Å². The van der Waals surface area contributed by atoms with Crippen molar-refractivity contribution in [2.75, 3.05) is 32.2 Å². The van der Waals surface area contributed by atoms with Crippen LogP contribution < -0.4 is 23.7 Å². The number of nitrogens with one attached hydrogen (secondary N) is 2. The van der Waals surface area contributed by atoms with Crippen molar-refractivity contribution in [3.8, 4) is 51.8 Å². The summed E-state index contributed by atoms with van der Waals surface area (Å²) in [5, 5.41) is 23.1. The summed E-state index contributed by atoms with van der Waals surface area (Å²) in [6.45, 7) is -0.521. The summed E-state index contributed by atoms with van der Waals surface area (Å²) in [4.78, 5) is 13.2. The van der Waals surface area contributed by atoms with Crippen molar-refractivity contribution in [3.63, 3.8) is 0 Å². The number of rotatable bonds is 12. The molecule has 15 nitrogen and oxygen atoms in total. The molecule has 0 bridgehead atoms. The molecule has 0 fully saturated rings. The summed E-state index contributed by atoms with van der Waals surface area (Å²) in [7, 11) is -1.27. The quantitative estimate of drug-likeness (QED) is 0.191. The van der Waals surface area contributed by atoms with E-state index in [2.05, 4.69) is 40.3 Å². The lowest BCUT2D eigenvalue weighted by atomic mass is 10.2. The molecule has 0 aliphatic rings. The highest BCUT2D eigenvalue weighted by Crippen LogP contribution is 2.41. The van der Waals surface area contributed by atoms with Gasteiger partial charge in [0.1, 0.15) is 18.1 Å². The molecular formula is C26H24N8O7S. The van der Waals surface area contributed by atoms with Crippen molar-refractivity contribution in [2.24, 2.45) is 0 Å². The summed E-state index contributed by atoms with van der Waals surface area (Å²) < 4.78 is 51.8. The Morgan fingerprint density at radius 1 is 0.976 bits per heavy atom. The molecule has 2 aromatic carbocycles. The number of methoxy groups -OCH3 is 2. The monoisotopic (exact) mass is 592 g/mol. The highest BCUT2D eigenvalue weighted by atomic mass is 32.2. The highest BCUT2D eigenvalue weighted by Gasteiger charge is 2.25. The predicted molar refractivity (Wildman–Crippen MR) is 148 cm³/mol. The van der Waals surface area contributed by atoms with E-state index >= 15 is 0 Å². The van der Waals surface area contributed by atoms with E-state index in [4.69, 9.17) is 18.9 Å². The first-order chi connectivity index (χ1) is 20.4. The lowest BCUT2D eigenvalue weighted by Crippen LogP contribution is -2.16. The largest absolute Gasteiger partial charge is 0.497 e. The fourth-order valence-corrected chi connectivity index (χ4v) is 4.69. The Kier molecular flexibility index (Phi) is 8.35. The van der Waals surface area contributed by atoms with Crippen LogP contribution in [0.2, 0.25) is 0 Å². The normalized spacial score (nSPS) is 11.1. The lowest BCUT2D eigenvalue weighted by molar-refractivity contribution is 0.192. The van der Waals surface area contributed by atoms with Crippen LogP contribution in [-0.4, -0.2) is 76.5 Å². The first-order valence-electron chi connectivity index (χ1n) is 12.3. The average molecular weight is 593 g/mol. The third-order valence-corrected chi connectivity index (χ3v) is 7.01. The van der Waals surface area contributed by atoms with Gasteiger partial charge in [0, 0.05) is 11.8 Å². The van der Waals surface area contributed by atoms with Crippen LogP contribution in [0.4, 0.5) is 5.82 Å². The lowest BCUT2D eigenvalue weighted by Gasteiger charge is -2.18. The third kappa shape index (κ3) is 6.18. The number of ether oxygens (including phenoxy) is 4. The molecule has 0 unspecified atom stereocenters. The van der Waals surface area contributed by atoms with Crippen molar-refractivity contribution >= 4 is 15.8 Å². The van der Waals surface area contributed by atoms with E-state index in [1.165, 1.54) is 44.7 Å². The number of nitrogens with zero attached hydrogens (tertiary/aromatic N) is 6. The number of benzene rings is 2. The van der Waals surface area contributed by atoms with Gasteiger partial charge in [0.05, 0.1) is 25.7 Å². The Morgan fingerprint density at radius 2 is 1.76 bits per heavy atom. The van der Waals surface area contributed by atoms with Crippen molar-refractivity contribution in [1.29, 1.82) is 0 Å². The zero-order valence-electron chi connectivity index (χ0n) is 22.3. The van der Waals surface area contributed by atoms with Crippen LogP contribution in [0.25, 0.3) is 22.9 Å². The van der Waals surface area contributed by atoms with Gasteiger partial charge in [-0.2, -0.15) is 4.98 Å². The second-order valence-electron chi connectivity index (χ2n) is 8.32. The maximum atomic E-state index is 13.5. The van der Waals surface area contributed by atoms with Gasteiger partial charge in [0.25, 0.3) is 15.9 Å². The maximum absolute atomic E-state index is 13.5. The molecule has 5 rings (SSSR count). The summed E-state index contributed by atoms with van der Waals surface area (Å²) in [6.07, 6.45) is 1.49. The second-order valence-corrected chi connectivity index (χ2v) is 10.00. The van der Waals surface area contributed by atoms with Crippen LogP contribution in [0, 0.1) is 0 Å². The number of hydrogen-bond acceptors (Lipinski definition) is 13. The molecule has 0 spiro atoms. The van der Waals surface area contributed by atoms with E-state index in [0.29, 0.717) is 28.6 Å². The van der Waals surface area contributed by atoms with E-state index in [-0.39, 0.29) is 47.1 Å². The number of aromatic nitrogens is 7. The molecule has 0 radical (unpaired) electrons. The molecule has 216 valence electrons. The van der Waals surface area contributed by atoms with E-state index in [0.717, 1.165) is 0 Å². The molecular weight excluding hydrogens is 568 g/mol. The van der Waals surface area contributed by atoms with Crippen LogP contribution in [0.1, 0.15) is 0 Å². The minimum Gasteiger partial charge on any atom is -0.497 e. The van der Waals surface area contributed by atoms with E-state index < -0.39 is 10.0 Å². The van der Waals surface area contributed by atoms with Gasteiger partial charge in [-0.3, -0.25) is 9.71 Å². The Balaban J connectivity index is 1.66. The summed E-state index contributed by atoms with van der Waals surface area (Å²) >= 11 is 0. The molecule has 0 atom stereocenters. The Labute approximate surface area is 239 Å². The fourth-order valence-electron chi connectivity index (χ4n) is 3.68. The van der Waals surface area contributed by atoms with Crippen LogP contribution in [0.15, 0.2) is 71.8 Å². The Bertz CT molecular complexity index is 1770. The number of H-pyrrole nitrogens is 1. The number of pyridine rings is 1. The van der Waals surface area contributed by atoms with Gasteiger partial charge in [-0.05, 0) is 59.0 Å². The molecule has 16 heteroatoms. The molecule has 3 aromatic heterocycles. The molecule has 5 aromatic rings. The van der Waals surface area contributed by atoms with Crippen molar-refractivity contribution in [1.82, 2.24) is 35.6 Å². The van der Waals surface area contributed by atoms with E-state index in [9.17, 15) is 13.5 Å². The van der Waals surface area contributed by atoms with E-state index in [1.807, 2.05) is 0 Å². The van der Waals surface area contributed by atoms with Crippen LogP contribution in [0.5, 0.6) is 28.9 Å². The second kappa shape index (κ2) is 12.4. The summed E-state index contributed by atoms with van der Waals surface area (Å²) in [5.41, 5.74) is 0.813. The molecule has 3 N–H and O–H groups in total. The average Bonchev–Trinajstić information content (AvgIpc) is 3.57. The van der Waals surface area contributed by atoms with Gasteiger partial charge >= 0.3 is 0 Å². The number of para-hydroxylation sites is 2. The molecule has 0 aliphatic carbocycles. The number of sulfonamides is 1. The molecule has 42 heavy (non-hydrogen) atoms. The predicted octanol–water partition coefficient (Wildman–Crippen LogP) is 2.70. The first-order valence-corrected chi connectivity index (χ1v) is 13.7. The fraction of sp³-hybridized carbons (Fsp3) is 0.154. The number of aliphatic hydroxyl groups excluding tert-OH is 1. The highest BCUT2D eigenvalue weighted by molar-refractivity contribution is 7.92. The summed E-state index contributed by atoms with van der Waals surface area (Å²) in [6, 6.07) is 15.7. The molecule has 0 amide bonds. The summed E-state index contributed by atoms with van der Waals surface area (Å²) in [5.74, 6) is 0.874. The van der Waals surface area contributed by atoms with Crippen LogP contribution in [-0.2, 0) is 10.0 Å². The molecule has 3 heterocycles. The van der Waals surface area contributed by atoms with Crippen molar-refractivity contribution in [2.45, 2.75) is 4.90 Å². The SMILES string of the molecule is COc1ccc(S(=O)(=O)Nc2nc(-c3ccnc(-c4nnn[nH]4)c3)nc(OCCO)c2Oc2ccccc2OC)cc1. The van der Waals surface area contributed by atoms with Crippen LogP contribution >= 0.6 is 0 Å².